The maximum Gasteiger partial charge on any atom is 0.148 e. The Labute approximate surface area is 125 Å². The molecule has 0 spiro atoms. The third-order valence-corrected chi connectivity index (χ3v) is 6.69. The molecule has 2 heteroatoms. The number of hydrogen-bond donors (Lipinski definition) is 0. The van der Waals surface area contributed by atoms with E-state index in [0.29, 0.717) is 22.9 Å². The zero-order valence-electron chi connectivity index (χ0n) is 12.2. The van der Waals surface area contributed by atoms with E-state index in [-0.39, 0.29) is 11.3 Å². The van der Waals surface area contributed by atoms with Gasteiger partial charge in [0, 0.05) is 16.1 Å². The molecule has 3 rings (SSSR count). The van der Waals surface area contributed by atoms with Crippen LogP contribution in [-0.4, -0.2) is 11.0 Å². The number of rotatable bonds is 4. The topological polar surface area (TPSA) is 17.1 Å². The summed E-state index contributed by atoms with van der Waals surface area (Å²) in [5.74, 6) is 1.81. The predicted molar refractivity (Wildman–Crippen MR) is 84.8 cm³/mol. The number of Topliss-reactive ketones (excluding diaryl/α,β-unsaturated/α-hetero) is 1. The number of thioether (sulfide) groups is 1. The fourth-order valence-electron chi connectivity index (χ4n) is 3.97. The molecular weight excluding hydrogens is 264 g/mol. The van der Waals surface area contributed by atoms with Gasteiger partial charge in [-0.05, 0) is 36.8 Å². The van der Waals surface area contributed by atoms with E-state index < -0.39 is 0 Å². The zero-order valence-corrected chi connectivity index (χ0v) is 13.0. The Balaban J connectivity index is 1.88. The summed E-state index contributed by atoms with van der Waals surface area (Å²) in [4.78, 5) is 13.9. The SMILES string of the molecule is C=C[C@@]12CC[C@H](C(C)C)[C@@H](C1=O)[C@@H]2Sc1ccccc1. The first-order chi connectivity index (χ1) is 9.60. The molecule has 2 aliphatic rings. The van der Waals surface area contributed by atoms with Crippen molar-refractivity contribution in [1.29, 1.82) is 0 Å². The highest BCUT2D eigenvalue weighted by atomic mass is 32.2. The van der Waals surface area contributed by atoms with Gasteiger partial charge in [0.1, 0.15) is 5.78 Å². The number of carbonyl (C=O) groups is 1. The van der Waals surface area contributed by atoms with E-state index in [4.69, 9.17) is 0 Å². The summed E-state index contributed by atoms with van der Waals surface area (Å²) >= 11 is 1.88. The van der Waals surface area contributed by atoms with Crippen LogP contribution in [0.15, 0.2) is 47.9 Å². The van der Waals surface area contributed by atoms with Crippen LogP contribution in [0.3, 0.4) is 0 Å². The monoisotopic (exact) mass is 286 g/mol. The van der Waals surface area contributed by atoms with E-state index in [1.54, 1.807) is 0 Å². The van der Waals surface area contributed by atoms with Crippen molar-refractivity contribution in [2.24, 2.45) is 23.2 Å². The molecule has 0 aliphatic heterocycles. The fourth-order valence-corrected chi connectivity index (χ4v) is 5.59. The molecule has 1 nitrogen and oxygen atoms in total. The van der Waals surface area contributed by atoms with Crippen LogP contribution in [0, 0.1) is 23.2 Å². The molecule has 2 saturated carbocycles. The largest absolute Gasteiger partial charge is 0.298 e. The van der Waals surface area contributed by atoms with Crippen LogP contribution in [0.5, 0.6) is 0 Å². The molecule has 0 heterocycles. The summed E-state index contributed by atoms with van der Waals surface area (Å²) in [7, 11) is 0. The second-order valence-electron chi connectivity index (χ2n) is 6.43. The molecule has 4 atom stereocenters. The Morgan fingerprint density at radius 3 is 2.60 bits per heavy atom. The summed E-state index contributed by atoms with van der Waals surface area (Å²) in [5, 5.41) is 0.385. The zero-order chi connectivity index (χ0) is 14.3. The molecule has 2 bridgehead atoms. The minimum Gasteiger partial charge on any atom is -0.298 e. The van der Waals surface area contributed by atoms with Crippen molar-refractivity contribution in [2.45, 2.75) is 36.8 Å². The maximum absolute atomic E-state index is 12.6. The van der Waals surface area contributed by atoms with Crippen molar-refractivity contribution < 1.29 is 4.79 Å². The van der Waals surface area contributed by atoms with Gasteiger partial charge >= 0.3 is 0 Å². The van der Waals surface area contributed by atoms with E-state index in [0.717, 1.165) is 6.42 Å². The van der Waals surface area contributed by atoms with E-state index in [9.17, 15) is 4.79 Å². The van der Waals surface area contributed by atoms with E-state index in [2.05, 4.69) is 44.7 Å². The smallest absolute Gasteiger partial charge is 0.148 e. The second kappa shape index (κ2) is 5.07. The van der Waals surface area contributed by atoms with Gasteiger partial charge in [-0.1, -0.05) is 38.1 Å². The van der Waals surface area contributed by atoms with Gasteiger partial charge in [-0.3, -0.25) is 4.79 Å². The third-order valence-electron chi connectivity index (χ3n) is 5.17. The molecule has 2 aliphatic carbocycles. The minimum atomic E-state index is -0.253. The van der Waals surface area contributed by atoms with Crippen LogP contribution in [0.1, 0.15) is 26.7 Å². The summed E-state index contributed by atoms with van der Waals surface area (Å²) in [6.07, 6.45) is 4.09. The molecule has 0 radical (unpaired) electrons. The van der Waals surface area contributed by atoms with Gasteiger partial charge in [-0.2, -0.15) is 0 Å². The maximum atomic E-state index is 12.6. The fraction of sp³-hybridized carbons (Fsp3) is 0.500. The summed E-state index contributed by atoms with van der Waals surface area (Å²) in [6.45, 7) is 8.47. The Morgan fingerprint density at radius 2 is 2.05 bits per heavy atom. The van der Waals surface area contributed by atoms with Gasteiger partial charge in [0.05, 0.1) is 5.41 Å². The van der Waals surface area contributed by atoms with Crippen molar-refractivity contribution in [2.75, 3.05) is 0 Å². The first-order valence-electron chi connectivity index (χ1n) is 7.50. The summed E-state index contributed by atoms with van der Waals surface area (Å²) in [6, 6.07) is 10.5. The van der Waals surface area contributed by atoms with Crippen LogP contribution in [-0.2, 0) is 4.79 Å². The number of benzene rings is 1. The van der Waals surface area contributed by atoms with Crippen LogP contribution < -0.4 is 0 Å². The van der Waals surface area contributed by atoms with E-state index in [1.807, 2.05) is 23.9 Å². The lowest BCUT2D eigenvalue weighted by molar-refractivity contribution is -0.152. The molecule has 0 aromatic heterocycles. The Bertz CT molecular complexity index is 521. The van der Waals surface area contributed by atoms with Crippen molar-refractivity contribution in [1.82, 2.24) is 0 Å². The standard InChI is InChI=1S/C18H22OS/c1-4-18-11-10-14(12(2)3)15(16(18)19)17(18)20-13-8-6-5-7-9-13/h4-9,12,14-15,17H,1,10-11H2,2-3H3/t14-,15+,17+,18-/m1/s1. The van der Waals surface area contributed by atoms with Crippen LogP contribution in [0.25, 0.3) is 0 Å². The highest BCUT2D eigenvalue weighted by Gasteiger charge is 2.65. The van der Waals surface area contributed by atoms with Crippen LogP contribution in [0.2, 0.25) is 0 Å². The predicted octanol–water partition coefficient (Wildman–Crippen LogP) is 4.58. The van der Waals surface area contributed by atoms with Gasteiger partial charge in [0.2, 0.25) is 0 Å². The summed E-state index contributed by atoms with van der Waals surface area (Å²) in [5.41, 5.74) is -0.253. The van der Waals surface area contributed by atoms with Crippen molar-refractivity contribution in [3.63, 3.8) is 0 Å². The molecule has 0 amide bonds. The highest BCUT2D eigenvalue weighted by molar-refractivity contribution is 8.00. The molecule has 20 heavy (non-hydrogen) atoms. The second-order valence-corrected chi connectivity index (χ2v) is 7.65. The Morgan fingerprint density at radius 1 is 1.35 bits per heavy atom. The van der Waals surface area contributed by atoms with Gasteiger partial charge in [0.25, 0.3) is 0 Å². The molecular formula is C18H22OS. The lowest BCUT2D eigenvalue weighted by atomic mass is 9.47. The van der Waals surface area contributed by atoms with Gasteiger partial charge in [0.15, 0.2) is 0 Å². The molecule has 2 fully saturated rings. The first kappa shape index (κ1) is 13.9. The number of hydrogen-bond acceptors (Lipinski definition) is 2. The Kier molecular flexibility index (Phi) is 3.53. The molecule has 0 N–H and O–H groups in total. The first-order valence-corrected chi connectivity index (χ1v) is 8.38. The lowest BCUT2D eigenvalue weighted by Crippen LogP contribution is -2.65. The van der Waals surface area contributed by atoms with Crippen LogP contribution >= 0.6 is 11.8 Å². The van der Waals surface area contributed by atoms with Crippen LogP contribution in [0.4, 0.5) is 0 Å². The number of fused-ring (bicyclic) bond motifs is 2. The number of ketones is 1. The van der Waals surface area contributed by atoms with E-state index in [1.165, 1.54) is 11.3 Å². The van der Waals surface area contributed by atoms with Crippen molar-refractivity contribution in [3.05, 3.63) is 43.0 Å². The van der Waals surface area contributed by atoms with Gasteiger partial charge < -0.3 is 0 Å². The molecule has 1 aromatic rings. The van der Waals surface area contributed by atoms with Gasteiger partial charge in [-0.25, -0.2) is 0 Å². The lowest BCUT2D eigenvalue weighted by Gasteiger charge is -2.59. The van der Waals surface area contributed by atoms with E-state index >= 15 is 0 Å². The molecule has 0 saturated heterocycles. The van der Waals surface area contributed by atoms with Crippen molar-refractivity contribution in [3.8, 4) is 0 Å². The average molecular weight is 286 g/mol. The molecule has 1 aromatic carbocycles. The summed E-state index contributed by atoms with van der Waals surface area (Å²) < 4.78 is 0. The quantitative estimate of drug-likeness (QED) is 0.753. The highest BCUT2D eigenvalue weighted by Crippen LogP contribution is 2.62. The number of carbonyl (C=O) groups excluding carboxylic acids is 1. The van der Waals surface area contributed by atoms with Gasteiger partial charge in [-0.15, -0.1) is 18.3 Å². The van der Waals surface area contributed by atoms with Crippen molar-refractivity contribution >= 4 is 17.5 Å². The normalized spacial score (nSPS) is 35.8. The molecule has 0 unspecified atom stereocenters. The number of allylic oxidation sites excluding steroid dienone is 1. The molecule has 106 valence electrons. The third kappa shape index (κ3) is 1.88. The Hall–Kier alpha value is -1.02. The minimum absolute atomic E-state index is 0.229. The average Bonchev–Trinajstić information content (AvgIpc) is 2.48.